The van der Waals surface area contributed by atoms with Crippen LogP contribution in [0.2, 0.25) is 0 Å². The van der Waals surface area contributed by atoms with E-state index in [1.165, 1.54) is 83.5 Å². The van der Waals surface area contributed by atoms with Crippen LogP contribution in [0.15, 0.2) is 60.7 Å². The van der Waals surface area contributed by atoms with E-state index in [1.54, 1.807) is 33.4 Å². The van der Waals surface area contributed by atoms with Gasteiger partial charge in [0.15, 0.2) is 0 Å². The minimum Gasteiger partial charge on any atom is -0.0726 e. The van der Waals surface area contributed by atoms with Gasteiger partial charge in [-0.05, 0) is 163 Å². The molecule has 0 spiro atoms. The van der Waals surface area contributed by atoms with E-state index in [4.69, 9.17) is 0 Å². The SMILES string of the molecule is C1=C(C23CC4CC(CC(C4)C2)C3)c2ccccc2C1CC1C=C(C23CC4CC(CC(C4)C2)C3)c2ccccc21. The Balaban J connectivity index is 1.03. The van der Waals surface area contributed by atoms with E-state index < -0.39 is 0 Å². The lowest BCUT2D eigenvalue weighted by Gasteiger charge is -2.57. The third-order valence-corrected chi connectivity index (χ3v) is 13.8. The summed E-state index contributed by atoms with van der Waals surface area (Å²) in [5.41, 5.74) is 11.1. The molecule has 2 atom stereocenters. The number of hydrogen-bond donors (Lipinski definition) is 0. The molecule has 10 aliphatic rings. The van der Waals surface area contributed by atoms with Crippen LogP contribution in [-0.2, 0) is 0 Å². The van der Waals surface area contributed by atoms with Gasteiger partial charge in [0.05, 0.1) is 0 Å². The molecular formula is C39H44. The predicted molar refractivity (Wildman–Crippen MR) is 160 cm³/mol. The molecule has 0 N–H and O–H groups in total. The van der Waals surface area contributed by atoms with E-state index >= 15 is 0 Å². The highest BCUT2D eigenvalue weighted by atomic mass is 14.6. The smallest absolute Gasteiger partial charge is 0.00390 e. The fourth-order valence-electron chi connectivity index (χ4n) is 13.4. The Hall–Kier alpha value is -2.08. The van der Waals surface area contributed by atoms with Crippen molar-refractivity contribution in [2.75, 3.05) is 0 Å². The van der Waals surface area contributed by atoms with Crippen molar-refractivity contribution >= 4 is 11.1 Å². The maximum atomic E-state index is 2.83. The first-order chi connectivity index (χ1) is 19.1. The first-order valence-electron chi connectivity index (χ1n) is 16.8. The Morgan fingerprint density at radius 2 is 0.795 bits per heavy atom. The van der Waals surface area contributed by atoms with Crippen molar-refractivity contribution in [2.45, 2.75) is 95.3 Å². The molecule has 0 radical (unpaired) electrons. The Kier molecular flexibility index (Phi) is 4.52. The highest BCUT2D eigenvalue weighted by molar-refractivity contribution is 5.81. The van der Waals surface area contributed by atoms with Crippen LogP contribution < -0.4 is 0 Å². The zero-order valence-corrected chi connectivity index (χ0v) is 23.6. The third kappa shape index (κ3) is 3.18. The third-order valence-electron chi connectivity index (χ3n) is 13.8. The van der Waals surface area contributed by atoms with Crippen molar-refractivity contribution in [2.24, 2.45) is 46.3 Å². The van der Waals surface area contributed by atoms with Gasteiger partial charge in [0, 0.05) is 11.8 Å². The maximum absolute atomic E-state index is 2.83. The lowest BCUT2D eigenvalue weighted by atomic mass is 9.47. The summed E-state index contributed by atoms with van der Waals surface area (Å²) in [6.07, 6.45) is 25.0. The fourth-order valence-corrected chi connectivity index (χ4v) is 13.4. The molecule has 0 amide bonds. The topological polar surface area (TPSA) is 0 Å². The van der Waals surface area contributed by atoms with Crippen LogP contribution in [0.1, 0.15) is 118 Å². The first kappa shape index (κ1) is 22.6. The number of hydrogen-bond acceptors (Lipinski definition) is 0. The molecule has 8 bridgehead atoms. The van der Waals surface area contributed by atoms with Crippen molar-refractivity contribution in [3.63, 3.8) is 0 Å². The van der Waals surface area contributed by atoms with Gasteiger partial charge in [0.1, 0.15) is 0 Å². The summed E-state index contributed by atoms with van der Waals surface area (Å²) < 4.78 is 0. The first-order valence-corrected chi connectivity index (χ1v) is 16.8. The van der Waals surface area contributed by atoms with E-state index in [0.29, 0.717) is 22.7 Å². The number of benzene rings is 2. The second-order valence-electron chi connectivity index (χ2n) is 16.2. The molecular weight excluding hydrogens is 468 g/mol. The second-order valence-corrected chi connectivity index (χ2v) is 16.2. The molecule has 10 aliphatic carbocycles. The molecule has 2 aromatic rings. The molecule has 8 fully saturated rings. The monoisotopic (exact) mass is 512 g/mol. The van der Waals surface area contributed by atoms with Crippen LogP contribution in [-0.4, -0.2) is 0 Å². The Morgan fingerprint density at radius 1 is 0.462 bits per heavy atom. The van der Waals surface area contributed by atoms with Crippen molar-refractivity contribution in [3.05, 3.63) is 82.9 Å². The van der Waals surface area contributed by atoms with E-state index in [-0.39, 0.29) is 0 Å². The summed E-state index contributed by atoms with van der Waals surface area (Å²) in [5.74, 6) is 7.22. The molecule has 0 nitrogen and oxygen atoms in total. The quantitative estimate of drug-likeness (QED) is 0.382. The molecule has 0 aliphatic heterocycles. The van der Waals surface area contributed by atoms with Crippen LogP contribution in [0, 0.1) is 46.3 Å². The zero-order chi connectivity index (χ0) is 25.3. The van der Waals surface area contributed by atoms with E-state index in [9.17, 15) is 0 Å². The van der Waals surface area contributed by atoms with E-state index in [2.05, 4.69) is 60.7 Å². The van der Waals surface area contributed by atoms with Gasteiger partial charge in [-0.2, -0.15) is 0 Å². The Morgan fingerprint density at radius 3 is 1.15 bits per heavy atom. The standard InChI is InChI=1S/C39H44/c1-3-7-34-32(5-1)30(16-36(34)38-18-24-9-25(19-38)11-26(10-24)20-38)15-31-17-37(35-8-4-2-6-33(31)35)39-21-27-12-28(22-39)14-29(13-27)23-39/h1-8,16-17,24-31H,9-15,18-23H2. The maximum Gasteiger partial charge on any atom is 0.00390 e. The molecule has 8 saturated carbocycles. The van der Waals surface area contributed by atoms with Gasteiger partial charge in [-0.3, -0.25) is 0 Å². The number of rotatable bonds is 4. The predicted octanol–water partition coefficient (Wildman–Crippen LogP) is 10.2. The van der Waals surface area contributed by atoms with Gasteiger partial charge in [0.25, 0.3) is 0 Å². The summed E-state index contributed by atoms with van der Waals surface area (Å²) in [7, 11) is 0. The minimum absolute atomic E-state index is 0.493. The number of allylic oxidation sites excluding steroid dienone is 4. The average Bonchev–Trinajstić information content (AvgIpc) is 3.47. The van der Waals surface area contributed by atoms with Crippen molar-refractivity contribution in [1.29, 1.82) is 0 Å². The summed E-state index contributed by atoms with van der Waals surface area (Å²) in [6, 6.07) is 19.3. The molecule has 12 rings (SSSR count). The summed E-state index contributed by atoms with van der Waals surface area (Å²) in [6.45, 7) is 0. The lowest BCUT2D eigenvalue weighted by molar-refractivity contribution is -0.0178. The highest BCUT2D eigenvalue weighted by Crippen LogP contribution is 2.68. The lowest BCUT2D eigenvalue weighted by Crippen LogP contribution is -2.46. The minimum atomic E-state index is 0.493. The summed E-state index contributed by atoms with van der Waals surface area (Å²) in [5, 5.41) is 0. The molecule has 0 heteroatoms. The molecule has 0 saturated heterocycles. The van der Waals surface area contributed by atoms with Crippen LogP contribution in [0.4, 0.5) is 0 Å². The van der Waals surface area contributed by atoms with Crippen molar-refractivity contribution < 1.29 is 0 Å². The number of fused-ring (bicyclic) bond motifs is 2. The normalized spacial score (nSPS) is 45.8. The van der Waals surface area contributed by atoms with Gasteiger partial charge in [-0.25, -0.2) is 0 Å². The molecule has 0 aromatic heterocycles. The Labute approximate surface area is 235 Å². The molecule has 2 aromatic carbocycles. The van der Waals surface area contributed by atoms with Crippen LogP contribution in [0.3, 0.4) is 0 Å². The van der Waals surface area contributed by atoms with Crippen LogP contribution in [0.25, 0.3) is 11.1 Å². The van der Waals surface area contributed by atoms with Gasteiger partial charge < -0.3 is 0 Å². The van der Waals surface area contributed by atoms with E-state index in [0.717, 1.165) is 35.5 Å². The largest absolute Gasteiger partial charge is 0.0726 e. The van der Waals surface area contributed by atoms with E-state index in [1.807, 2.05) is 0 Å². The van der Waals surface area contributed by atoms with Gasteiger partial charge in [0.2, 0.25) is 0 Å². The highest BCUT2D eigenvalue weighted by Gasteiger charge is 2.55. The van der Waals surface area contributed by atoms with Gasteiger partial charge in [-0.1, -0.05) is 60.7 Å². The Bertz CT molecular complexity index is 1240. The fraction of sp³-hybridized carbons (Fsp3) is 0.590. The average molecular weight is 513 g/mol. The van der Waals surface area contributed by atoms with Crippen LogP contribution >= 0.6 is 0 Å². The summed E-state index contributed by atoms with van der Waals surface area (Å²) >= 11 is 0. The van der Waals surface area contributed by atoms with Gasteiger partial charge in [-0.15, -0.1) is 0 Å². The van der Waals surface area contributed by atoms with Crippen molar-refractivity contribution in [3.8, 4) is 0 Å². The second kappa shape index (κ2) is 7.80. The van der Waals surface area contributed by atoms with Crippen molar-refractivity contribution in [1.82, 2.24) is 0 Å². The molecule has 2 unspecified atom stereocenters. The molecule has 200 valence electrons. The summed E-state index contributed by atoms with van der Waals surface area (Å²) in [4.78, 5) is 0. The molecule has 39 heavy (non-hydrogen) atoms. The van der Waals surface area contributed by atoms with Gasteiger partial charge >= 0.3 is 0 Å². The molecule has 0 heterocycles. The van der Waals surface area contributed by atoms with Crippen LogP contribution in [0.5, 0.6) is 0 Å². The zero-order valence-electron chi connectivity index (χ0n) is 23.6.